The number of benzene rings is 1. The van der Waals surface area contributed by atoms with E-state index in [1.165, 1.54) is 0 Å². The Kier molecular flexibility index (Phi) is 8.03. The van der Waals surface area contributed by atoms with E-state index in [0.29, 0.717) is 19.2 Å². The molecule has 1 aliphatic heterocycles. The minimum atomic E-state index is -4.70. The van der Waals surface area contributed by atoms with Gasteiger partial charge in [0.1, 0.15) is 6.54 Å². The Morgan fingerprint density at radius 2 is 1.69 bits per heavy atom. The summed E-state index contributed by atoms with van der Waals surface area (Å²) in [7, 11) is -4.35. The Hall–Kier alpha value is -2.14. The van der Waals surface area contributed by atoms with E-state index in [1.54, 1.807) is 4.90 Å². The van der Waals surface area contributed by atoms with Crippen molar-refractivity contribution < 1.29 is 35.9 Å². The number of sulfonamides is 1. The highest BCUT2D eigenvalue weighted by molar-refractivity contribution is 7.89. The van der Waals surface area contributed by atoms with E-state index in [0.717, 1.165) is 50.3 Å². The number of esters is 1. The lowest BCUT2D eigenvalue weighted by Gasteiger charge is -2.24. The number of nitrogens with zero attached hydrogens (tertiary/aromatic N) is 1. The lowest BCUT2D eigenvalue weighted by molar-refractivity contribution is -0.151. The Bertz CT molecular complexity index is 819. The number of hydrogen-bond donors (Lipinski definition) is 1. The molecular weight excluding hydrogens is 413 g/mol. The summed E-state index contributed by atoms with van der Waals surface area (Å²) in [4.78, 5) is 24.9. The number of carbonyl (C=O) groups excluding carboxylic acids is 2. The van der Waals surface area contributed by atoms with Gasteiger partial charge < -0.3 is 9.64 Å². The average Bonchev–Trinajstić information content (AvgIpc) is 2.64. The number of amides is 1. The van der Waals surface area contributed by atoms with Crippen LogP contribution < -0.4 is 4.72 Å². The summed E-state index contributed by atoms with van der Waals surface area (Å²) < 4.78 is 69.1. The second-order valence-corrected chi connectivity index (χ2v) is 8.43. The molecule has 7 nitrogen and oxygen atoms in total. The minimum absolute atomic E-state index is 0.360. The monoisotopic (exact) mass is 436 g/mol. The van der Waals surface area contributed by atoms with Crippen LogP contribution in [0.1, 0.15) is 37.7 Å². The first-order valence-corrected chi connectivity index (χ1v) is 10.7. The molecule has 1 aliphatic rings. The van der Waals surface area contributed by atoms with Crippen LogP contribution in [0.15, 0.2) is 29.2 Å². The van der Waals surface area contributed by atoms with Gasteiger partial charge in [0.15, 0.2) is 6.61 Å². The molecule has 0 bridgehead atoms. The summed E-state index contributed by atoms with van der Waals surface area (Å²) in [6.45, 7) is -0.146. The maximum absolute atomic E-state index is 12.7. The zero-order chi connectivity index (χ0) is 21.5. The molecule has 0 aliphatic carbocycles. The Morgan fingerprint density at radius 3 is 2.31 bits per heavy atom. The number of hydrogen-bond acceptors (Lipinski definition) is 5. The predicted octanol–water partition coefficient (Wildman–Crippen LogP) is 2.32. The first-order chi connectivity index (χ1) is 13.6. The van der Waals surface area contributed by atoms with Crippen LogP contribution in [0, 0.1) is 0 Å². The first kappa shape index (κ1) is 23.1. The fraction of sp³-hybridized carbons (Fsp3) is 0.556. The number of rotatable bonds is 6. The summed E-state index contributed by atoms with van der Waals surface area (Å²) in [5, 5.41) is 0. The van der Waals surface area contributed by atoms with Crippen LogP contribution in [-0.4, -0.2) is 51.4 Å². The zero-order valence-electron chi connectivity index (χ0n) is 15.7. The van der Waals surface area contributed by atoms with Crippen molar-refractivity contribution in [1.29, 1.82) is 0 Å². The van der Waals surface area contributed by atoms with Gasteiger partial charge in [0, 0.05) is 13.1 Å². The third kappa shape index (κ3) is 7.32. The Morgan fingerprint density at radius 1 is 1.07 bits per heavy atom. The summed E-state index contributed by atoms with van der Waals surface area (Å²) in [5.41, 5.74) is -1.12. The summed E-state index contributed by atoms with van der Waals surface area (Å²) in [5.74, 6) is -1.36. The number of alkyl halides is 3. The molecule has 1 amide bonds. The highest BCUT2D eigenvalue weighted by Crippen LogP contribution is 2.30. The molecule has 1 fully saturated rings. The molecule has 162 valence electrons. The number of carbonyl (C=O) groups is 2. The van der Waals surface area contributed by atoms with Crippen molar-refractivity contribution in [1.82, 2.24) is 9.62 Å². The van der Waals surface area contributed by atoms with Gasteiger partial charge in [-0.25, -0.2) is 8.42 Å². The maximum atomic E-state index is 12.7. The lowest BCUT2D eigenvalue weighted by atomic mass is 10.1. The lowest BCUT2D eigenvalue weighted by Crippen LogP contribution is -2.38. The van der Waals surface area contributed by atoms with Crippen molar-refractivity contribution in [2.24, 2.45) is 0 Å². The van der Waals surface area contributed by atoms with Crippen LogP contribution in [0.3, 0.4) is 0 Å². The third-order valence-electron chi connectivity index (χ3n) is 4.44. The molecule has 1 N–H and O–H groups in total. The molecule has 29 heavy (non-hydrogen) atoms. The van der Waals surface area contributed by atoms with Crippen molar-refractivity contribution in [3.8, 4) is 0 Å². The van der Waals surface area contributed by atoms with Gasteiger partial charge in [0.05, 0.1) is 10.5 Å². The topological polar surface area (TPSA) is 92.8 Å². The van der Waals surface area contributed by atoms with Crippen LogP contribution >= 0.6 is 0 Å². The van der Waals surface area contributed by atoms with Gasteiger partial charge >= 0.3 is 12.1 Å². The summed E-state index contributed by atoms with van der Waals surface area (Å²) in [6, 6.07) is 3.15. The number of likely N-dealkylation sites (tertiary alicyclic amines) is 1. The molecule has 1 saturated heterocycles. The summed E-state index contributed by atoms with van der Waals surface area (Å²) >= 11 is 0. The number of nitrogens with one attached hydrogen (secondary N) is 1. The van der Waals surface area contributed by atoms with Gasteiger partial charge in [0.2, 0.25) is 10.0 Å². The van der Waals surface area contributed by atoms with Crippen LogP contribution in [0.2, 0.25) is 0 Å². The van der Waals surface area contributed by atoms with Crippen molar-refractivity contribution in [2.75, 3.05) is 26.2 Å². The second-order valence-electron chi connectivity index (χ2n) is 6.66. The van der Waals surface area contributed by atoms with Crippen LogP contribution in [0.4, 0.5) is 13.2 Å². The maximum Gasteiger partial charge on any atom is 0.416 e. The Balaban J connectivity index is 1.85. The molecule has 2 rings (SSSR count). The molecule has 11 heteroatoms. The van der Waals surface area contributed by atoms with Gasteiger partial charge in [-0.1, -0.05) is 25.3 Å². The van der Waals surface area contributed by atoms with Crippen molar-refractivity contribution in [3.63, 3.8) is 0 Å². The van der Waals surface area contributed by atoms with E-state index in [2.05, 4.69) is 0 Å². The molecule has 1 aromatic rings. The first-order valence-electron chi connectivity index (χ1n) is 9.20. The third-order valence-corrected chi connectivity index (χ3v) is 5.84. The van der Waals surface area contributed by atoms with Gasteiger partial charge in [-0.15, -0.1) is 0 Å². The normalized spacial score (nSPS) is 16.0. The molecule has 1 aromatic carbocycles. The SMILES string of the molecule is O=C(CNS(=O)(=O)c1cccc(C(F)(F)F)c1)OCC(=O)N1CCCCCCC1. The van der Waals surface area contributed by atoms with Crippen molar-refractivity contribution in [2.45, 2.75) is 43.2 Å². The molecular formula is C18H23F3N2O5S. The second kappa shape index (κ2) is 10.1. The average molecular weight is 436 g/mol. The van der Waals surface area contributed by atoms with Gasteiger partial charge in [-0.05, 0) is 31.0 Å². The quantitative estimate of drug-likeness (QED) is 0.691. The van der Waals surface area contributed by atoms with Crippen molar-refractivity contribution >= 4 is 21.9 Å². The van der Waals surface area contributed by atoms with E-state index in [9.17, 15) is 31.2 Å². The van der Waals surface area contributed by atoms with E-state index in [4.69, 9.17) is 4.74 Å². The molecule has 1 heterocycles. The van der Waals surface area contributed by atoms with E-state index >= 15 is 0 Å². The van der Waals surface area contributed by atoms with Crippen LogP contribution in [0.5, 0.6) is 0 Å². The molecule has 0 unspecified atom stereocenters. The molecule has 0 radical (unpaired) electrons. The number of halogens is 3. The summed E-state index contributed by atoms with van der Waals surface area (Å²) in [6.07, 6.45) is 0.231. The fourth-order valence-electron chi connectivity index (χ4n) is 2.86. The largest absolute Gasteiger partial charge is 0.455 e. The highest BCUT2D eigenvalue weighted by Gasteiger charge is 2.31. The number of ether oxygens (including phenoxy) is 1. The standard InChI is InChI=1S/C18H23F3N2O5S/c19-18(20,21)14-7-6-8-15(11-14)29(26,27)22-12-17(25)28-13-16(24)23-9-4-2-1-3-5-10-23/h6-8,11,22H,1-5,9-10,12-13H2. The van der Waals surface area contributed by atoms with Crippen LogP contribution in [-0.2, 0) is 30.5 Å². The zero-order valence-corrected chi connectivity index (χ0v) is 16.5. The smallest absolute Gasteiger partial charge is 0.416 e. The molecule has 0 saturated carbocycles. The van der Waals surface area contributed by atoms with Crippen LogP contribution in [0.25, 0.3) is 0 Å². The predicted molar refractivity (Wildman–Crippen MR) is 97.3 cm³/mol. The fourth-order valence-corrected chi connectivity index (χ4v) is 3.87. The van der Waals surface area contributed by atoms with Gasteiger partial charge in [-0.2, -0.15) is 17.9 Å². The minimum Gasteiger partial charge on any atom is -0.455 e. The van der Waals surface area contributed by atoms with E-state index in [1.807, 2.05) is 4.72 Å². The molecule has 0 spiro atoms. The van der Waals surface area contributed by atoms with Gasteiger partial charge in [-0.3, -0.25) is 9.59 Å². The van der Waals surface area contributed by atoms with Gasteiger partial charge in [0.25, 0.3) is 5.91 Å². The van der Waals surface area contributed by atoms with Crippen molar-refractivity contribution in [3.05, 3.63) is 29.8 Å². The molecule has 0 atom stereocenters. The Labute approximate surface area is 167 Å². The highest BCUT2D eigenvalue weighted by atomic mass is 32.2. The van der Waals surface area contributed by atoms with E-state index < -0.39 is 45.8 Å². The molecule has 0 aromatic heterocycles. The van der Waals surface area contributed by atoms with E-state index in [-0.39, 0.29) is 5.91 Å².